The molecule has 2 aromatic rings. The van der Waals surface area contributed by atoms with Crippen molar-refractivity contribution in [1.82, 2.24) is 0 Å². The monoisotopic (exact) mass is 397 g/mol. The number of hydrogen-bond donors (Lipinski definition) is 1. The lowest BCUT2D eigenvalue weighted by molar-refractivity contribution is 0.0599. The van der Waals surface area contributed by atoms with Gasteiger partial charge in [0.05, 0.1) is 43.0 Å². The fourth-order valence-corrected chi connectivity index (χ4v) is 3.23. The molecule has 0 aliphatic rings. The van der Waals surface area contributed by atoms with Gasteiger partial charge in [-0.2, -0.15) is 0 Å². The number of carbonyl (C=O) groups is 2. The highest BCUT2D eigenvalue weighted by Gasteiger charge is 2.20. The molecular formula is C17H16FNO7S. The van der Waals surface area contributed by atoms with Gasteiger partial charge in [0.15, 0.2) is 11.6 Å². The molecule has 0 aliphatic heterocycles. The molecule has 27 heavy (non-hydrogen) atoms. The van der Waals surface area contributed by atoms with Crippen molar-refractivity contribution in [3.8, 4) is 5.75 Å². The van der Waals surface area contributed by atoms with Gasteiger partial charge in [-0.25, -0.2) is 22.4 Å². The standard InChI is InChI=1S/C17H16FNO7S/c1-24-15-9-13(4-5-14(15)18)27(22,23)19-12-7-10(16(20)25-2)6-11(8-12)17(21)26-3/h4-9,19H,1-3H3. The van der Waals surface area contributed by atoms with E-state index in [0.29, 0.717) is 0 Å². The number of halogens is 1. The maximum atomic E-state index is 13.5. The summed E-state index contributed by atoms with van der Waals surface area (Å²) < 4.78 is 54.8. The first-order chi connectivity index (χ1) is 12.7. The van der Waals surface area contributed by atoms with Gasteiger partial charge < -0.3 is 14.2 Å². The van der Waals surface area contributed by atoms with Crippen molar-refractivity contribution in [1.29, 1.82) is 0 Å². The molecule has 2 rings (SSSR count). The second-order valence-electron chi connectivity index (χ2n) is 5.18. The Morgan fingerprint density at radius 2 is 1.48 bits per heavy atom. The summed E-state index contributed by atoms with van der Waals surface area (Å²) in [6.07, 6.45) is 0. The lowest BCUT2D eigenvalue weighted by atomic mass is 10.1. The first kappa shape index (κ1) is 20.2. The van der Waals surface area contributed by atoms with Crippen LogP contribution in [-0.4, -0.2) is 41.7 Å². The molecule has 0 bridgehead atoms. The summed E-state index contributed by atoms with van der Waals surface area (Å²) in [6.45, 7) is 0. The Morgan fingerprint density at radius 3 is 1.96 bits per heavy atom. The van der Waals surface area contributed by atoms with Crippen LogP contribution in [0, 0.1) is 5.82 Å². The Kier molecular flexibility index (Phi) is 6.01. The van der Waals surface area contributed by atoms with Crippen molar-refractivity contribution in [2.45, 2.75) is 4.90 Å². The van der Waals surface area contributed by atoms with Crippen molar-refractivity contribution in [3.63, 3.8) is 0 Å². The van der Waals surface area contributed by atoms with E-state index >= 15 is 0 Å². The van der Waals surface area contributed by atoms with E-state index in [1.54, 1.807) is 0 Å². The SMILES string of the molecule is COC(=O)c1cc(NS(=O)(=O)c2ccc(F)c(OC)c2)cc(C(=O)OC)c1. The van der Waals surface area contributed by atoms with Crippen LogP contribution in [0.15, 0.2) is 41.3 Å². The number of nitrogens with one attached hydrogen (secondary N) is 1. The molecule has 0 unspecified atom stereocenters. The number of sulfonamides is 1. The second kappa shape index (κ2) is 8.04. The fraction of sp³-hybridized carbons (Fsp3) is 0.176. The molecule has 2 aromatic carbocycles. The molecule has 0 amide bonds. The summed E-state index contributed by atoms with van der Waals surface area (Å²) in [5, 5.41) is 0. The number of esters is 2. The van der Waals surface area contributed by atoms with Gasteiger partial charge >= 0.3 is 11.9 Å². The third kappa shape index (κ3) is 4.53. The molecule has 8 nitrogen and oxygen atoms in total. The van der Waals surface area contributed by atoms with Gasteiger partial charge in [0.25, 0.3) is 10.0 Å². The van der Waals surface area contributed by atoms with Gasteiger partial charge in [0.1, 0.15) is 0 Å². The van der Waals surface area contributed by atoms with Crippen LogP contribution in [0.5, 0.6) is 5.75 Å². The number of anilines is 1. The van der Waals surface area contributed by atoms with Crippen molar-refractivity contribution in [3.05, 3.63) is 53.3 Å². The first-order valence-corrected chi connectivity index (χ1v) is 8.88. The van der Waals surface area contributed by atoms with Crippen LogP contribution >= 0.6 is 0 Å². The van der Waals surface area contributed by atoms with Gasteiger partial charge in [-0.05, 0) is 30.3 Å². The van der Waals surface area contributed by atoms with Crippen molar-refractivity contribution >= 4 is 27.6 Å². The van der Waals surface area contributed by atoms with E-state index in [-0.39, 0.29) is 27.5 Å². The zero-order valence-corrected chi connectivity index (χ0v) is 15.4. The van der Waals surface area contributed by atoms with Crippen LogP contribution in [0.4, 0.5) is 10.1 Å². The molecule has 0 aromatic heterocycles. The Labute approximate surface area is 154 Å². The van der Waals surface area contributed by atoms with Gasteiger partial charge in [-0.3, -0.25) is 4.72 Å². The number of benzene rings is 2. The summed E-state index contributed by atoms with van der Waals surface area (Å²) >= 11 is 0. The maximum absolute atomic E-state index is 13.5. The number of ether oxygens (including phenoxy) is 3. The molecule has 0 heterocycles. The zero-order chi connectivity index (χ0) is 20.2. The number of hydrogen-bond acceptors (Lipinski definition) is 7. The molecule has 0 radical (unpaired) electrons. The van der Waals surface area contributed by atoms with E-state index in [2.05, 4.69) is 14.2 Å². The minimum Gasteiger partial charge on any atom is -0.494 e. The number of rotatable bonds is 6. The van der Waals surface area contributed by atoms with Crippen LogP contribution in [0.1, 0.15) is 20.7 Å². The zero-order valence-electron chi connectivity index (χ0n) is 14.6. The summed E-state index contributed by atoms with van der Waals surface area (Å²) in [7, 11) is -0.682. The predicted octanol–water partition coefficient (Wildman–Crippen LogP) is 2.21. The average Bonchev–Trinajstić information content (AvgIpc) is 2.66. The Balaban J connectivity index is 2.48. The molecule has 0 saturated heterocycles. The van der Waals surface area contributed by atoms with E-state index in [0.717, 1.165) is 32.4 Å². The van der Waals surface area contributed by atoms with Crippen molar-refractivity contribution < 1.29 is 36.6 Å². The summed E-state index contributed by atoms with van der Waals surface area (Å²) in [5.74, 6) is -2.53. The van der Waals surface area contributed by atoms with Crippen LogP contribution < -0.4 is 9.46 Å². The highest BCUT2D eigenvalue weighted by molar-refractivity contribution is 7.92. The lowest BCUT2D eigenvalue weighted by Gasteiger charge is -2.12. The van der Waals surface area contributed by atoms with Gasteiger partial charge in [0.2, 0.25) is 0 Å². The molecular weight excluding hydrogens is 381 g/mol. The van der Waals surface area contributed by atoms with Crippen LogP contribution in [0.3, 0.4) is 0 Å². The van der Waals surface area contributed by atoms with Gasteiger partial charge in [0, 0.05) is 6.07 Å². The molecule has 0 spiro atoms. The summed E-state index contributed by atoms with van der Waals surface area (Å²) in [6, 6.07) is 6.58. The van der Waals surface area contributed by atoms with Crippen molar-refractivity contribution in [2.75, 3.05) is 26.1 Å². The highest BCUT2D eigenvalue weighted by Crippen LogP contribution is 2.24. The quantitative estimate of drug-likeness (QED) is 0.745. The predicted molar refractivity (Wildman–Crippen MR) is 92.9 cm³/mol. The molecule has 0 saturated carbocycles. The minimum atomic E-state index is -4.16. The fourth-order valence-electron chi connectivity index (χ4n) is 2.18. The Bertz CT molecular complexity index is 955. The van der Waals surface area contributed by atoms with Crippen molar-refractivity contribution in [2.24, 2.45) is 0 Å². The molecule has 0 atom stereocenters. The number of methoxy groups -OCH3 is 3. The van der Waals surface area contributed by atoms with E-state index < -0.39 is 27.8 Å². The molecule has 1 N–H and O–H groups in total. The Hall–Kier alpha value is -3.14. The average molecular weight is 397 g/mol. The smallest absolute Gasteiger partial charge is 0.337 e. The van der Waals surface area contributed by atoms with Crippen LogP contribution in [-0.2, 0) is 19.5 Å². The van der Waals surface area contributed by atoms with E-state index in [1.165, 1.54) is 25.3 Å². The molecule has 0 aliphatic carbocycles. The Morgan fingerprint density at radius 1 is 0.926 bits per heavy atom. The lowest BCUT2D eigenvalue weighted by Crippen LogP contribution is -2.15. The maximum Gasteiger partial charge on any atom is 0.337 e. The van der Waals surface area contributed by atoms with Gasteiger partial charge in [-0.1, -0.05) is 0 Å². The third-order valence-corrected chi connectivity index (χ3v) is 4.84. The summed E-state index contributed by atoms with van der Waals surface area (Å²) in [4.78, 5) is 23.3. The third-order valence-electron chi connectivity index (χ3n) is 3.46. The second-order valence-corrected chi connectivity index (χ2v) is 6.87. The van der Waals surface area contributed by atoms with E-state index in [1.807, 2.05) is 0 Å². The topological polar surface area (TPSA) is 108 Å². The van der Waals surface area contributed by atoms with Crippen LogP contribution in [0.25, 0.3) is 0 Å². The first-order valence-electron chi connectivity index (χ1n) is 7.40. The van der Waals surface area contributed by atoms with Gasteiger partial charge in [-0.15, -0.1) is 0 Å². The summed E-state index contributed by atoms with van der Waals surface area (Å²) in [5.41, 5.74) is -0.203. The van der Waals surface area contributed by atoms with E-state index in [4.69, 9.17) is 4.74 Å². The normalized spacial score (nSPS) is 10.8. The minimum absolute atomic E-state index is 0.0604. The van der Waals surface area contributed by atoms with E-state index in [9.17, 15) is 22.4 Å². The number of carbonyl (C=O) groups excluding carboxylic acids is 2. The van der Waals surface area contributed by atoms with Crippen LogP contribution in [0.2, 0.25) is 0 Å². The largest absolute Gasteiger partial charge is 0.494 e. The molecule has 144 valence electrons. The highest BCUT2D eigenvalue weighted by atomic mass is 32.2. The molecule has 10 heteroatoms. The molecule has 0 fully saturated rings.